The maximum Gasteiger partial charge on any atom is 0.324 e. The lowest BCUT2D eigenvalue weighted by atomic mass is 9.83. The Hall–Kier alpha value is -0.940. The average molecular weight is 268 g/mol. The first-order valence-electron chi connectivity index (χ1n) is 6.59. The summed E-state index contributed by atoms with van der Waals surface area (Å²) in [5.41, 5.74) is 0. The summed E-state index contributed by atoms with van der Waals surface area (Å²) in [7, 11) is 0. The summed E-state index contributed by atoms with van der Waals surface area (Å²) in [6.07, 6.45) is 5.32. The molecule has 1 fully saturated rings. The molecule has 1 aromatic rings. The smallest absolute Gasteiger partial charge is 0.312 e. The second-order valence-corrected chi connectivity index (χ2v) is 6.40. The predicted octanol–water partition coefficient (Wildman–Crippen LogP) is 3.57. The molecule has 0 atom stereocenters. The van der Waals surface area contributed by atoms with E-state index in [2.05, 4.69) is 12.2 Å². The fraction of sp³-hybridized carbons (Fsp3) is 0.692. The second-order valence-electron chi connectivity index (χ2n) is 5.25. The van der Waals surface area contributed by atoms with E-state index in [1.165, 1.54) is 37.0 Å². The molecule has 1 aromatic heterocycles. The van der Waals surface area contributed by atoms with Gasteiger partial charge in [0.2, 0.25) is 0 Å². The highest BCUT2D eigenvalue weighted by molar-refractivity contribution is 7.15. The molecule has 1 N–H and O–H groups in total. The van der Waals surface area contributed by atoms with Gasteiger partial charge < -0.3 is 5.32 Å². The third kappa shape index (κ3) is 3.78. The number of hydrogen-bond acceptors (Lipinski definition) is 4. The van der Waals surface area contributed by atoms with Crippen LogP contribution in [0.2, 0.25) is 0 Å². The van der Waals surface area contributed by atoms with Crippen LogP contribution in [0.15, 0.2) is 12.1 Å². The molecular weight excluding hydrogens is 248 g/mol. The molecule has 0 saturated heterocycles. The summed E-state index contributed by atoms with van der Waals surface area (Å²) >= 11 is 1.27. The number of nitrogens with one attached hydrogen (secondary N) is 1. The van der Waals surface area contributed by atoms with Crippen LogP contribution in [0.5, 0.6) is 0 Å². The lowest BCUT2D eigenvalue weighted by molar-refractivity contribution is -0.380. The van der Waals surface area contributed by atoms with Crippen LogP contribution in [0, 0.1) is 22.0 Å². The van der Waals surface area contributed by atoms with E-state index in [1.807, 2.05) is 6.07 Å². The number of hydrogen-bond donors (Lipinski definition) is 1. The highest BCUT2D eigenvalue weighted by Crippen LogP contribution is 2.28. The molecule has 0 bridgehead atoms. The van der Waals surface area contributed by atoms with Gasteiger partial charge in [0.25, 0.3) is 0 Å². The third-order valence-electron chi connectivity index (χ3n) is 3.70. The molecule has 100 valence electrons. The number of nitro groups is 1. The van der Waals surface area contributed by atoms with Gasteiger partial charge in [0.15, 0.2) is 0 Å². The van der Waals surface area contributed by atoms with Gasteiger partial charge in [-0.15, -0.1) is 0 Å². The minimum atomic E-state index is -0.323. The minimum absolute atomic E-state index is 0.235. The van der Waals surface area contributed by atoms with Crippen LogP contribution in [-0.4, -0.2) is 11.5 Å². The van der Waals surface area contributed by atoms with E-state index in [4.69, 9.17) is 0 Å². The monoisotopic (exact) mass is 268 g/mol. The van der Waals surface area contributed by atoms with E-state index in [0.29, 0.717) is 0 Å². The number of nitrogens with zero attached hydrogens (tertiary/aromatic N) is 1. The van der Waals surface area contributed by atoms with Crippen molar-refractivity contribution in [2.45, 2.75) is 39.2 Å². The molecular formula is C13H20N2O2S. The zero-order valence-corrected chi connectivity index (χ0v) is 11.5. The Balaban J connectivity index is 1.70. The van der Waals surface area contributed by atoms with Gasteiger partial charge in [-0.2, -0.15) is 0 Å². The fourth-order valence-electron chi connectivity index (χ4n) is 2.49. The second kappa shape index (κ2) is 6.29. The van der Waals surface area contributed by atoms with Crippen LogP contribution >= 0.6 is 11.3 Å². The molecule has 1 heterocycles. The highest BCUT2D eigenvalue weighted by atomic mass is 32.1. The van der Waals surface area contributed by atoms with E-state index in [-0.39, 0.29) is 9.92 Å². The van der Waals surface area contributed by atoms with E-state index in [0.717, 1.165) is 29.8 Å². The summed E-state index contributed by atoms with van der Waals surface area (Å²) in [4.78, 5) is 11.3. The third-order valence-corrected chi connectivity index (χ3v) is 4.73. The zero-order chi connectivity index (χ0) is 13.0. The first-order valence-corrected chi connectivity index (χ1v) is 7.40. The Morgan fingerprint density at radius 3 is 2.72 bits per heavy atom. The van der Waals surface area contributed by atoms with Crippen LogP contribution in [0.4, 0.5) is 5.00 Å². The molecule has 0 radical (unpaired) electrons. The molecule has 0 spiro atoms. The van der Waals surface area contributed by atoms with Crippen molar-refractivity contribution in [1.82, 2.24) is 5.32 Å². The fourth-order valence-corrected chi connectivity index (χ4v) is 3.28. The van der Waals surface area contributed by atoms with Gasteiger partial charge in [-0.25, -0.2) is 0 Å². The van der Waals surface area contributed by atoms with Gasteiger partial charge in [0, 0.05) is 17.5 Å². The quantitative estimate of drug-likeness (QED) is 0.656. The average Bonchev–Trinajstić information content (AvgIpc) is 2.81. The molecule has 5 heteroatoms. The predicted molar refractivity (Wildman–Crippen MR) is 73.8 cm³/mol. The van der Waals surface area contributed by atoms with Crippen LogP contribution in [0.1, 0.15) is 37.5 Å². The molecule has 1 aliphatic rings. The zero-order valence-electron chi connectivity index (χ0n) is 10.7. The summed E-state index contributed by atoms with van der Waals surface area (Å²) in [6.45, 7) is 4.12. The summed E-state index contributed by atoms with van der Waals surface area (Å²) < 4.78 is 0. The van der Waals surface area contributed by atoms with E-state index >= 15 is 0 Å². The van der Waals surface area contributed by atoms with Gasteiger partial charge in [0.05, 0.1) is 4.92 Å². The largest absolute Gasteiger partial charge is 0.324 e. The van der Waals surface area contributed by atoms with Crippen LogP contribution in [-0.2, 0) is 6.54 Å². The molecule has 1 aliphatic carbocycles. The Kier molecular flexibility index (Phi) is 4.72. The topological polar surface area (TPSA) is 55.2 Å². The lowest BCUT2D eigenvalue weighted by Gasteiger charge is -2.26. The summed E-state index contributed by atoms with van der Waals surface area (Å²) in [5.74, 6) is 1.68. The first kappa shape index (κ1) is 13.5. The molecule has 4 nitrogen and oxygen atoms in total. The molecule has 0 aliphatic heterocycles. The lowest BCUT2D eigenvalue weighted by Crippen LogP contribution is -2.25. The highest BCUT2D eigenvalue weighted by Gasteiger charge is 2.17. The van der Waals surface area contributed by atoms with Crippen molar-refractivity contribution in [3.63, 3.8) is 0 Å². The van der Waals surface area contributed by atoms with Gasteiger partial charge in [-0.05, 0) is 37.3 Å². The SMILES string of the molecule is CC1CCC(CNCc2ccc([N+](=O)[O-])s2)CC1. The molecule has 0 unspecified atom stereocenters. The maximum atomic E-state index is 10.6. The van der Waals surface area contributed by atoms with Crippen molar-refractivity contribution in [3.05, 3.63) is 27.1 Å². The maximum absolute atomic E-state index is 10.6. The summed E-state index contributed by atoms with van der Waals surface area (Å²) in [5, 5.41) is 14.2. The van der Waals surface area contributed by atoms with Gasteiger partial charge in [0.1, 0.15) is 0 Å². The Morgan fingerprint density at radius 1 is 1.39 bits per heavy atom. The van der Waals surface area contributed by atoms with Crippen LogP contribution in [0.3, 0.4) is 0 Å². The van der Waals surface area contributed by atoms with Crippen molar-refractivity contribution >= 4 is 16.3 Å². The Bertz CT molecular complexity index is 397. The van der Waals surface area contributed by atoms with Crippen molar-refractivity contribution in [1.29, 1.82) is 0 Å². The van der Waals surface area contributed by atoms with Crippen molar-refractivity contribution in [2.24, 2.45) is 11.8 Å². The molecule has 2 rings (SSSR count). The van der Waals surface area contributed by atoms with Crippen molar-refractivity contribution in [3.8, 4) is 0 Å². The Morgan fingerprint density at radius 2 is 2.11 bits per heavy atom. The van der Waals surface area contributed by atoms with Gasteiger partial charge in [-0.1, -0.05) is 31.1 Å². The van der Waals surface area contributed by atoms with Crippen LogP contribution in [0.25, 0.3) is 0 Å². The first-order chi connectivity index (χ1) is 8.65. The molecule has 1 saturated carbocycles. The molecule has 0 amide bonds. The van der Waals surface area contributed by atoms with Gasteiger partial charge >= 0.3 is 5.00 Å². The van der Waals surface area contributed by atoms with Crippen molar-refractivity contribution < 1.29 is 4.92 Å². The molecule has 18 heavy (non-hydrogen) atoms. The standard InChI is InChI=1S/C13H20N2O2S/c1-10-2-4-11(5-3-10)8-14-9-12-6-7-13(18-12)15(16)17/h6-7,10-11,14H,2-5,8-9H2,1H3. The minimum Gasteiger partial charge on any atom is -0.312 e. The van der Waals surface area contributed by atoms with Crippen LogP contribution < -0.4 is 5.32 Å². The normalized spacial score (nSPS) is 24.1. The summed E-state index contributed by atoms with van der Waals surface area (Å²) in [6, 6.07) is 3.43. The van der Waals surface area contributed by atoms with E-state index in [9.17, 15) is 10.1 Å². The van der Waals surface area contributed by atoms with Gasteiger partial charge in [-0.3, -0.25) is 10.1 Å². The Labute approximate surface area is 112 Å². The number of rotatable bonds is 5. The van der Waals surface area contributed by atoms with E-state index < -0.39 is 0 Å². The van der Waals surface area contributed by atoms with E-state index in [1.54, 1.807) is 6.07 Å². The van der Waals surface area contributed by atoms with Crippen molar-refractivity contribution in [2.75, 3.05) is 6.54 Å². The number of thiophene rings is 1. The molecule has 0 aromatic carbocycles.